The molecular weight excluding hydrogens is 450 g/mol. The van der Waals surface area contributed by atoms with Gasteiger partial charge in [0.25, 0.3) is 5.91 Å². The Balaban J connectivity index is 1.47. The fourth-order valence-electron chi connectivity index (χ4n) is 3.69. The van der Waals surface area contributed by atoms with Crippen LogP contribution >= 0.6 is 11.8 Å². The molecule has 0 radical (unpaired) electrons. The number of ether oxygens (including phenoxy) is 1. The van der Waals surface area contributed by atoms with Gasteiger partial charge in [-0.3, -0.25) is 4.79 Å². The third-order valence-corrected chi connectivity index (χ3v) is 6.38. The summed E-state index contributed by atoms with van der Waals surface area (Å²) in [5, 5.41) is 17.4. The van der Waals surface area contributed by atoms with Gasteiger partial charge in [-0.15, -0.1) is 11.8 Å². The van der Waals surface area contributed by atoms with E-state index in [9.17, 15) is 14.9 Å². The van der Waals surface area contributed by atoms with E-state index in [0.29, 0.717) is 22.3 Å². The van der Waals surface area contributed by atoms with Crippen molar-refractivity contribution in [2.75, 3.05) is 18.2 Å². The van der Waals surface area contributed by atoms with Gasteiger partial charge in [-0.25, -0.2) is 14.5 Å². The summed E-state index contributed by atoms with van der Waals surface area (Å²) in [6.07, 6.45) is 3.83. The molecule has 0 saturated heterocycles. The number of pyridine rings is 1. The molecule has 1 amide bonds. The molecule has 174 valence electrons. The van der Waals surface area contributed by atoms with Gasteiger partial charge in [0.1, 0.15) is 11.1 Å². The first-order valence-corrected chi connectivity index (χ1v) is 12.1. The summed E-state index contributed by atoms with van der Waals surface area (Å²) in [6.45, 7) is 5.20. The van der Waals surface area contributed by atoms with Crippen LogP contribution in [0.3, 0.4) is 0 Å². The second kappa shape index (κ2) is 9.69. The van der Waals surface area contributed by atoms with E-state index in [2.05, 4.69) is 21.5 Å². The maximum Gasteiger partial charge on any atom is 0.340 e. The van der Waals surface area contributed by atoms with Gasteiger partial charge in [-0.1, -0.05) is 17.7 Å². The predicted octanol–water partition coefficient (Wildman–Crippen LogP) is 4.46. The molecule has 1 aliphatic carbocycles. The average molecular weight is 476 g/mol. The molecule has 0 atom stereocenters. The number of benzene rings is 1. The maximum absolute atomic E-state index is 12.8. The van der Waals surface area contributed by atoms with E-state index in [0.717, 1.165) is 35.5 Å². The number of hydrogen-bond donors (Lipinski definition) is 1. The zero-order valence-electron chi connectivity index (χ0n) is 19.5. The predicted molar refractivity (Wildman–Crippen MR) is 129 cm³/mol. The van der Waals surface area contributed by atoms with Crippen molar-refractivity contribution >= 4 is 29.3 Å². The molecule has 1 aliphatic rings. The van der Waals surface area contributed by atoms with Gasteiger partial charge in [0, 0.05) is 11.6 Å². The Hall–Kier alpha value is -3.64. The molecule has 0 bridgehead atoms. The lowest BCUT2D eigenvalue weighted by molar-refractivity contribution is -0.119. The van der Waals surface area contributed by atoms with Gasteiger partial charge >= 0.3 is 5.97 Å². The van der Waals surface area contributed by atoms with Crippen LogP contribution in [0.25, 0.3) is 5.69 Å². The third-order valence-electron chi connectivity index (χ3n) is 5.70. The molecule has 1 fully saturated rings. The number of nitrogens with one attached hydrogen (secondary N) is 1. The van der Waals surface area contributed by atoms with Crippen LogP contribution in [0.5, 0.6) is 0 Å². The van der Waals surface area contributed by atoms with Crippen molar-refractivity contribution in [3.8, 4) is 11.8 Å². The maximum atomic E-state index is 12.8. The Kier molecular flexibility index (Phi) is 6.70. The van der Waals surface area contributed by atoms with Crippen molar-refractivity contribution < 1.29 is 14.3 Å². The van der Waals surface area contributed by atoms with Gasteiger partial charge in [-0.2, -0.15) is 10.4 Å². The monoisotopic (exact) mass is 475 g/mol. The first kappa shape index (κ1) is 23.5. The zero-order chi connectivity index (χ0) is 24.4. The molecule has 8 nitrogen and oxygen atoms in total. The Labute approximate surface area is 202 Å². The minimum Gasteiger partial charge on any atom is -0.452 e. The van der Waals surface area contributed by atoms with Crippen molar-refractivity contribution in [1.82, 2.24) is 14.8 Å². The highest BCUT2D eigenvalue weighted by Gasteiger charge is 2.29. The minimum absolute atomic E-state index is 0.149. The van der Waals surface area contributed by atoms with E-state index in [1.807, 2.05) is 44.4 Å². The fourth-order valence-corrected chi connectivity index (χ4v) is 4.25. The van der Waals surface area contributed by atoms with Gasteiger partial charge in [-0.05, 0) is 58.1 Å². The van der Waals surface area contributed by atoms with Crippen molar-refractivity contribution in [3.05, 3.63) is 64.1 Å². The SMILES string of the molecule is CSc1nc(C2CC2)cc(C(=O)OCC(=O)Nc2c(C)nn(-c3ccc(C)cc3)c2C)c1C#N. The molecule has 0 aliphatic heterocycles. The topological polar surface area (TPSA) is 110 Å². The average Bonchev–Trinajstić information content (AvgIpc) is 3.65. The minimum atomic E-state index is -0.713. The van der Waals surface area contributed by atoms with Crippen LogP contribution in [0.15, 0.2) is 35.4 Å². The normalized spacial score (nSPS) is 12.8. The van der Waals surface area contributed by atoms with Crippen LogP contribution in [0.4, 0.5) is 5.69 Å². The summed E-state index contributed by atoms with van der Waals surface area (Å²) in [5.41, 5.74) is 5.13. The molecule has 1 N–H and O–H groups in total. The molecule has 0 unspecified atom stereocenters. The van der Waals surface area contributed by atoms with Crippen LogP contribution in [0.2, 0.25) is 0 Å². The lowest BCUT2D eigenvalue weighted by Gasteiger charge is -2.11. The number of carbonyl (C=O) groups is 2. The largest absolute Gasteiger partial charge is 0.452 e. The number of carbonyl (C=O) groups excluding carboxylic acids is 2. The first-order chi connectivity index (χ1) is 16.3. The van der Waals surface area contributed by atoms with Gasteiger partial charge in [0.05, 0.1) is 33.9 Å². The highest BCUT2D eigenvalue weighted by atomic mass is 32.2. The molecule has 4 rings (SSSR count). The Bertz CT molecular complexity index is 1300. The number of hydrogen-bond acceptors (Lipinski definition) is 7. The number of amides is 1. The second-order valence-electron chi connectivity index (χ2n) is 8.28. The molecule has 1 saturated carbocycles. The van der Waals surface area contributed by atoms with E-state index in [4.69, 9.17) is 4.74 Å². The number of esters is 1. The van der Waals surface area contributed by atoms with E-state index in [1.165, 1.54) is 11.8 Å². The van der Waals surface area contributed by atoms with Gasteiger partial charge < -0.3 is 10.1 Å². The van der Waals surface area contributed by atoms with Crippen LogP contribution < -0.4 is 5.32 Å². The highest BCUT2D eigenvalue weighted by molar-refractivity contribution is 7.98. The van der Waals surface area contributed by atoms with Gasteiger partial charge in [0.2, 0.25) is 0 Å². The Morgan fingerprint density at radius 3 is 2.56 bits per heavy atom. The second-order valence-corrected chi connectivity index (χ2v) is 9.08. The molecule has 3 aromatic rings. The number of rotatable bonds is 7. The zero-order valence-corrected chi connectivity index (χ0v) is 20.3. The number of thioether (sulfide) groups is 1. The van der Waals surface area contributed by atoms with E-state index in [-0.39, 0.29) is 11.1 Å². The summed E-state index contributed by atoms with van der Waals surface area (Å²) >= 11 is 1.31. The number of anilines is 1. The standard InChI is InChI=1S/C25H25N5O3S/c1-14-5-9-18(10-6-14)30-16(3)23(15(2)29-30)28-22(31)13-33-25(32)19-11-21(17-7-8-17)27-24(34-4)20(19)12-26/h5-6,9-11,17H,7-8,13H2,1-4H3,(H,28,31). The van der Waals surface area contributed by atoms with E-state index >= 15 is 0 Å². The lowest BCUT2D eigenvalue weighted by atomic mass is 10.1. The summed E-state index contributed by atoms with van der Waals surface area (Å²) < 4.78 is 7.04. The fraction of sp³-hybridized carbons (Fsp3) is 0.320. The summed E-state index contributed by atoms with van der Waals surface area (Å²) in [5.74, 6) is -0.886. The summed E-state index contributed by atoms with van der Waals surface area (Å²) in [4.78, 5) is 29.9. The summed E-state index contributed by atoms with van der Waals surface area (Å²) in [6, 6.07) is 11.6. The summed E-state index contributed by atoms with van der Waals surface area (Å²) in [7, 11) is 0. The molecule has 34 heavy (non-hydrogen) atoms. The first-order valence-electron chi connectivity index (χ1n) is 10.9. The third kappa shape index (κ3) is 4.82. The highest BCUT2D eigenvalue weighted by Crippen LogP contribution is 2.40. The van der Waals surface area contributed by atoms with Crippen LogP contribution in [-0.4, -0.2) is 39.5 Å². The van der Waals surface area contributed by atoms with Crippen molar-refractivity contribution in [2.45, 2.75) is 44.6 Å². The van der Waals surface area contributed by atoms with Gasteiger partial charge in [0.15, 0.2) is 6.61 Å². The smallest absolute Gasteiger partial charge is 0.340 e. The lowest BCUT2D eigenvalue weighted by Crippen LogP contribution is -2.22. The van der Waals surface area contributed by atoms with Crippen LogP contribution in [-0.2, 0) is 9.53 Å². The van der Waals surface area contributed by atoms with E-state index < -0.39 is 18.5 Å². The number of aromatic nitrogens is 3. The molecule has 1 aromatic carbocycles. The van der Waals surface area contributed by atoms with Crippen molar-refractivity contribution in [2.24, 2.45) is 0 Å². The Morgan fingerprint density at radius 1 is 1.24 bits per heavy atom. The number of aryl methyl sites for hydroxylation is 2. The number of nitriles is 1. The van der Waals surface area contributed by atoms with E-state index in [1.54, 1.807) is 17.7 Å². The number of nitrogens with zero attached hydrogens (tertiary/aromatic N) is 4. The molecule has 2 heterocycles. The van der Waals surface area contributed by atoms with Crippen LogP contribution in [0, 0.1) is 32.1 Å². The Morgan fingerprint density at radius 2 is 1.94 bits per heavy atom. The van der Waals surface area contributed by atoms with Crippen LogP contribution in [0.1, 0.15) is 57.3 Å². The quantitative estimate of drug-likeness (QED) is 0.397. The van der Waals surface area contributed by atoms with Crippen molar-refractivity contribution in [1.29, 1.82) is 5.26 Å². The molecular formula is C25H25N5O3S. The molecule has 9 heteroatoms. The molecule has 2 aromatic heterocycles. The van der Waals surface area contributed by atoms with Crippen molar-refractivity contribution in [3.63, 3.8) is 0 Å². The molecule has 0 spiro atoms.